The second-order valence-electron chi connectivity index (χ2n) is 5.80. The lowest BCUT2D eigenvalue weighted by molar-refractivity contribution is -0.122. The Morgan fingerprint density at radius 1 is 1.32 bits per heavy atom. The van der Waals surface area contributed by atoms with Crippen molar-refractivity contribution in [2.45, 2.75) is 11.7 Å². The molecule has 1 aliphatic rings. The lowest BCUT2D eigenvalue weighted by Gasteiger charge is -2.06. The first-order valence-corrected chi connectivity index (χ1v) is 9.23. The van der Waals surface area contributed by atoms with Gasteiger partial charge in [-0.1, -0.05) is 30.0 Å². The summed E-state index contributed by atoms with van der Waals surface area (Å²) in [6.07, 6.45) is 1.50. The van der Waals surface area contributed by atoms with Crippen LogP contribution < -0.4 is 15.4 Å². The fraction of sp³-hybridized carbons (Fsp3) is 0.158. The highest BCUT2D eigenvalue weighted by atomic mass is 32.2. The molecular weight excluding hydrogens is 380 g/mol. The number of rotatable bonds is 6. The molecule has 1 atom stereocenters. The molecule has 0 radical (unpaired) electrons. The number of nitrogens with zero attached hydrogens (tertiary/aromatic N) is 2. The number of para-hydroxylation sites is 1. The summed E-state index contributed by atoms with van der Waals surface area (Å²) in [5.74, 6) is -0.181. The van der Waals surface area contributed by atoms with Crippen LogP contribution in [0.4, 0.5) is 5.69 Å². The first-order valence-electron chi connectivity index (χ1n) is 8.35. The maximum absolute atomic E-state index is 12.1. The zero-order valence-corrected chi connectivity index (χ0v) is 15.8. The summed E-state index contributed by atoms with van der Waals surface area (Å²) in [6, 6.07) is 13.8. The Labute approximate surface area is 165 Å². The molecule has 9 heteroatoms. The molecule has 8 nitrogen and oxygen atoms in total. The van der Waals surface area contributed by atoms with Crippen LogP contribution in [0.25, 0.3) is 0 Å². The smallest absolute Gasteiger partial charge is 0.240 e. The normalized spacial score (nSPS) is 17.7. The van der Waals surface area contributed by atoms with Crippen LogP contribution in [0.3, 0.4) is 0 Å². The largest absolute Gasteiger partial charge is 0.504 e. The van der Waals surface area contributed by atoms with Crippen LogP contribution in [0.5, 0.6) is 11.5 Å². The van der Waals surface area contributed by atoms with Crippen molar-refractivity contribution >= 4 is 40.6 Å². The van der Waals surface area contributed by atoms with Crippen LogP contribution in [0.15, 0.2) is 58.7 Å². The van der Waals surface area contributed by atoms with Crippen LogP contribution in [0.2, 0.25) is 0 Å². The zero-order chi connectivity index (χ0) is 19.9. The van der Waals surface area contributed by atoms with E-state index in [0.29, 0.717) is 22.2 Å². The Morgan fingerprint density at radius 3 is 2.86 bits per heavy atom. The number of hydrogen-bond acceptors (Lipinski definition) is 7. The van der Waals surface area contributed by atoms with Gasteiger partial charge in [-0.15, -0.1) is 5.10 Å². The van der Waals surface area contributed by atoms with E-state index in [0.717, 1.165) is 11.8 Å². The first kappa shape index (κ1) is 19.4. The topological polar surface area (TPSA) is 112 Å². The second-order valence-corrected chi connectivity index (χ2v) is 6.99. The Balaban J connectivity index is 1.57. The molecule has 28 heavy (non-hydrogen) atoms. The van der Waals surface area contributed by atoms with Crippen molar-refractivity contribution in [2.24, 2.45) is 10.2 Å². The highest BCUT2D eigenvalue weighted by Gasteiger charge is 2.32. The van der Waals surface area contributed by atoms with Gasteiger partial charge in [-0.3, -0.25) is 9.59 Å². The lowest BCUT2D eigenvalue weighted by Crippen LogP contribution is -2.28. The van der Waals surface area contributed by atoms with Crippen molar-refractivity contribution in [1.82, 2.24) is 5.32 Å². The van der Waals surface area contributed by atoms with Gasteiger partial charge in [0.2, 0.25) is 11.8 Å². The predicted octanol–water partition coefficient (Wildman–Crippen LogP) is 2.35. The summed E-state index contributed by atoms with van der Waals surface area (Å²) in [5.41, 5.74) is 1.35. The molecule has 0 bridgehead atoms. The van der Waals surface area contributed by atoms with Gasteiger partial charge in [0.15, 0.2) is 16.7 Å². The molecule has 144 valence electrons. The van der Waals surface area contributed by atoms with Gasteiger partial charge in [-0.25, -0.2) is 0 Å². The second kappa shape index (κ2) is 9.05. The number of amidine groups is 1. The van der Waals surface area contributed by atoms with E-state index in [1.165, 1.54) is 19.4 Å². The molecule has 3 N–H and O–H groups in total. The van der Waals surface area contributed by atoms with E-state index in [-0.39, 0.29) is 24.0 Å². The molecule has 2 aromatic rings. The quantitative estimate of drug-likeness (QED) is 0.511. The summed E-state index contributed by atoms with van der Waals surface area (Å²) in [7, 11) is 1.45. The molecule has 0 aliphatic carbocycles. The number of thioether (sulfide) groups is 1. The molecule has 0 saturated carbocycles. The van der Waals surface area contributed by atoms with Crippen LogP contribution in [-0.2, 0) is 9.59 Å². The number of carbonyl (C=O) groups excluding carboxylic acids is 2. The van der Waals surface area contributed by atoms with E-state index < -0.39 is 5.25 Å². The average molecular weight is 398 g/mol. The number of carbonyl (C=O) groups is 2. The molecule has 1 aliphatic heterocycles. The molecular formula is C19H18N4O4S. The Hall–Kier alpha value is -3.33. The van der Waals surface area contributed by atoms with Gasteiger partial charge in [0.05, 0.1) is 13.3 Å². The van der Waals surface area contributed by atoms with Gasteiger partial charge in [-0.2, -0.15) is 5.10 Å². The standard InChI is InChI=1S/C19H18N4O4S/c1-27-15-9-12(7-8-14(15)24)11-20-23-19-22-18(26)16(28-19)10-17(25)21-13-5-3-2-4-6-13/h2-9,11,16,24H,10H2,1H3,(H,21,25)(H,22,23,26)/b20-11+/t16-/m1/s1. The summed E-state index contributed by atoms with van der Waals surface area (Å²) in [6.45, 7) is 0. The summed E-state index contributed by atoms with van der Waals surface area (Å²) >= 11 is 1.15. The van der Waals surface area contributed by atoms with E-state index in [9.17, 15) is 14.7 Å². The van der Waals surface area contributed by atoms with Gasteiger partial charge in [0, 0.05) is 12.1 Å². The maximum Gasteiger partial charge on any atom is 0.240 e. The lowest BCUT2D eigenvalue weighted by atomic mass is 10.2. The van der Waals surface area contributed by atoms with Crippen molar-refractivity contribution in [3.8, 4) is 11.5 Å². The fourth-order valence-electron chi connectivity index (χ4n) is 2.41. The van der Waals surface area contributed by atoms with E-state index in [1.54, 1.807) is 24.3 Å². The minimum Gasteiger partial charge on any atom is -0.504 e. The molecule has 0 aromatic heterocycles. The van der Waals surface area contributed by atoms with Crippen molar-refractivity contribution in [3.05, 3.63) is 54.1 Å². The third-order valence-corrected chi connectivity index (χ3v) is 4.84. The number of phenolic OH excluding ortho intramolecular Hbond substituents is 1. The van der Waals surface area contributed by atoms with Gasteiger partial charge >= 0.3 is 0 Å². The van der Waals surface area contributed by atoms with Gasteiger partial charge < -0.3 is 20.5 Å². The SMILES string of the molecule is COc1cc(/C=N/N=C2/NC(=O)[C@@H](CC(=O)Nc3ccccc3)S2)ccc1O. The molecule has 2 aromatic carbocycles. The monoisotopic (exact) mass is 398 g/mol. The van der Waals surface area contributed by atoms with Crippen molar-refractivity contribution in [3.63, 3.8) is 0 Å². The van der Waals surface area contributed by atoms with Crippen LogP contribution in [0, 0.1) is 0 Å². The van der Waals surface area contributed by atoms with Crippen LogP contribution in [0.1, 0.15) is 12.0 Å². The number of phenols is 1. The summed E-state index contributed by atoms with van der Waals surface area (Å²) in [5, 5.41) is 22.6. The molecule has 1 saturated heterocycles. The molecule has 1 heterocycles. The Morgan fingerprint density at radius 2 is 2.11 bits per heavy atom. The summed E-state index contributed by atoms with van der Waals surface area (Å²) < 4.78 is 5.03. The number of anilines is 1. The number of ether oxygens (including phenoxy) is 1. The fourth-order valence-corrected chi connectivity index (χ4v) is 3.33. The minimum absolute atomic E-state index is 0.0289. The molecule has 3 rings (SSSR count). The number of amides is 2. The summed E-state index contributed by atoms with van der Waals surface area (Å²) in [4.78, 5) is 24.1. The third kappa shape index (κ3) is 5.10. The third-order valence-electron chi connectivity index (χ3n) is 3.76. The van der Waals surface area contributed by atoms with E-state index >= 15 is 0 Å². The number of nitrogens with one attached hydrogen (secondary N) is 2. The molecule has 2 amide bonds. The minimum atomic E-state index is -0.563. The maximum atomic E-state index is 12.1. The van der Waals surface area contributed by atoms with Gasteiger partial charge in [-0.05, 0) is 35.9 Å². The van der Waals surface area contributed by atoms with Crippen LogP contribution >= 0.6 is 11.8 Å². The van der Waals surface area contributed by atoms with E-state index in [4.69, 9.17) is 4.74 Å². The molecule has 1 fully saturated rings. The van der Waals surface area contributed by atoms with Gasteiger partial charge in [0.1, 0.15) is 5.25 Å². The first-order chi connectivity index (χ1) is 13.5. The number of aromatic hydroxyl groups is 1. The number of benzene rings is 2. The van der Waals surface area contributed by atoms with Crippen molar-refractivity contribution < 1.29 is 19.4 Å². The molecule has 0 unspecified atom stereocenters. The van der Waals surface area contributed by atoms with Gasteiger partial charge in [0.25, 0.3) is 0 Å². The number of hydrogen-bond donors (Lipinski definition) is 3. The molecule has 0 spiro atoms. The Bertz CT molecular complexity index is 931. The number of methoxy groups -OCH3 is 1. The Kier molecular flexibility index (Phi) is 6.28. The van der Waals surface area contributed by atoms with E-state index in [1.807, 2.05) is 18.2 Å². The zero-order valence-electron chi connectivity index (χ0n) is 15.0. The van der Waals surface area contributed by atoms with E-state index in [2.05, 4.69) is 20.8 Å². The van der Waals surface area contributed by atoms with Crippen molar-refractivity contribution in [1.29, 1.82) is 0 Å². The highest BCUT2D eigenvalue weighted by Crippen LogP contribution is 2.26. The average Bonchev–Trinajstić information content (AvgIpc) is 3.03. The highest BCUT2D eigenvalue weighted by molar-refractivity contribution is 8.15. The van der Waals surface area contributed by atoms with Crippen LogP contribution in [-0.4, -0.2) is 40.7 Å². The van der Waals surface area contributed by atoms with Crippen molar-refractivity contribution in [2.75, 3.05) is 12.4 Å². The predicted molar refractivity (Wildman–Crippen MR) is 109 cm³/mol.